The first kappa shape index (κ1) is 30.6. The lowest BCUT2D eigenvalue weighted by Gasteiger charge is -2.19. The summed E-state index contributed by atoms with van der Waals surface area (Å²) < 4.78 is 36.0. The second-order valence-electron chi connectivity index (χ2n) is 10.5. The number of fused-ring (bicyclic) bond motifs is 1. The van der Waals surface area contributed by atoms with Crippen LogP contribution in [0.1, 0.15) is 49.4 Å². The van der Waals surface area contributed by atoms with Crippen molar-refractivity contribution in [2.45, 2.75) is 50.2 Å². The van der Waals surface area contributed by atoms with Crippen molar-refractivity contribution < 1.29 is 22.7 Å². The number of thiazole rings is 1. The lowest BCUT2D eigenvalue weighted by atomic mass is 10.0. The number of anilines is 1. The summed E-state index contributed by atoms with van der Waals surface area (Å²) in [4.78, 5) is 28.9. The minimum absolute atomic E-state index is 0.0318. The van der Waals surface area contributed by atoms with Crippen LogP contribution in [0.25, 0.3) is 10.2 Å². The van der Waals surface area contributed by atoms with E-state index in [1.165, 1.54) is 29.5 Å². The van der Waals surface area contributed by atoms with E-state index in [0.717, 1.165) is 15.8 Å². The highest BCUT2D eigenvalue weighted by molar-refractivity contribution is 7.89. The van der Waals surface area contributed by atoms with E-state index in [-0.39, 0.29) is 24.3 Å². The Morgan fingerprint density at radius 2 is 1.81 bits per heavy atom. The molecule has 42 heavy (non-hydrogen) atoms. The van der Waals surface area contributed by atoms with Gasteiger partial charge in [0.25, 0.3) is 0 Å². The zero-order chi connectivity index (χ0) is 30.3. The van der Waals surface area contributed by atoms with Gasteiger partial charge in [-0.15, -0.1) is 11.3 Å². The molecule has 3 N–H and O–H groups in total. The molecule has 4 rings (SSSR count). The number of nitriles is 1. The molecule has 0 aliphatic rings. The van der Waals surface area contributed by atoms with Crippen LogP contribution in [0, 0.1) is 11.3 Å². The number of carbonyl (C=O) groups is 2. The normalized spacial score (nSPS) is 12.3. The van der Waals surface area contributed by atoms with E-state index < -0.39 is 33.7 Å². The molecule has 2 amide bonds. The smallest absolute Gasteiger partial charge is 0.407 e. The lowest BCUT2D eigenvalue weighted by Crippen LogP contribution is -2.34. The van der Waals surface area contributed by atoms with Gasteiger partial charge in [0.2, 0.25) is 15.9 Å². The van der Waals surface area contributed by atoms with Crippen LogP contribution in [0.5, 0.6) is 0 Å². The van der Waals surface area contributed by atoms with Gasteiger partial charge >= 0.3 is 6.09 Å². The molecule has 0 bridgehead atoms. The first-order chi connectivity index (χ1) is 19.9. The van der Waals surface area contributed by atoms with E-state index in [4.69, 9.17) is 4.74 Å². The van der Waals surface area contributed by atoms with Gasteiger partial charge in [-0.1, -0.05) is 30.3 Å². The van der Waals surface area contributed by atoms with Crippen LogP contribution in [0.15, 0.2) is 77.7 Å². The molecule has 1 unspecified atom stereocenters. The zero-order valence-electron chi connectivity index (χ0n) is 23.4. The standard InChI is InChI=1S/C30H31N5O5S2/c1-30(2,3)40-29(37)32-15-14-27(36)33-22-10-7-11-23(18-22)42(38,39)35-25(17-20-8-6-9-21(16-20)19-31)28-34-24-12-4-5-13-26(24)41-28/h4-13,16,18,25,35H,14-15,17H2,1-3H3,(H,32,37)(H,33,36). The number of hydrogen-bond donors (Lipinski definition) is 3. The third-order valence-electron chi connectivity index (χ3n) is 5.85. The molecule has 0 fully saturated rings. The molecular weight excluding hydrogens is 574 g/mol. The van der Waals surface area contributed by atoms with E-state index >= 15 is 0 Å². The quantitative estimate of drug-likeness (QED) is 0.222. The maximum absolute atomic E-state index is 13.6. The fourth-order valence-electron chi connectivity index (χ4n) is 4.03. The summed E-state index contributed by atoms with van der Waals surface area (Å²) >= 11 is 1.40. The number of carbonyl (C=O) groups excluding carboxylic acids is 2. The number of benzene rings is 3. The number of nitrogens with zero attached hydrogens (tertiary/aromatic N) is 2. The number of sulfonamides is 1. The second-order valence-corrected chi connectivity index (χ2v) is 13.2. The number of para-hydroxylation sites is 1. The molecule has 1 atom stereocenters. The maximum Gasteiger partial charge on any atom is 0.407 e. The van der Waals surface area contributed by atoms with Crippen LogP contribution < -0.4 is 15.4 Å². The van der Waals surface area contributed by atoms with Gasteiger partial charge in [0, 0.05) is 18.7 Å². The van der Waals surface area contributed by atoms with Crippen molar-refractivity contribution in [3.05, 3.63) is 88.9 Å². The predicted molar refractivity (Wildman–Crippen MR) is 161 cm³/mol. The molecule has 10 nitrogen and oxygen atoms in total. The van der Waals surface area contributed by atoms with Crippen LogP contribution in [-0.2, 0) is 26.0 Å². The Kier molecular flexibility index (Phi) is 9.57. The van der Waals surface area contributed by atoms with Crippen molar-refractivity contribution in [3.63, 3.8) is 0 Å². The number of amides is 2. The Balaban J connectivity index is 1.49. The first-order valence-electron chi connectivity index (χ1n) is 13.2. The van der Waals surface area contributed by atoms with Crippen molar-refractivity contribution in [2.75, 3.05) is 11.9 Å². The third kappa shape index (κ3) is 8.59. The second kappa shape index (κ2) is 13.1. The number of nitrogens with one attached hydrogen (secondary N) is 3. The van der Waals surface area contributed by atoms with Gasteiger partial charge in [0.15, 0.2) is 0 Å². The average Bonchev–Trinajstić information content (AvgIpc) is 3.36. The molecule has 0 saturated carbocycles. The molecule has 4 aromatic rings. The molecule has 0 aliphatic heterocycles. The first-order valence-corrected chi connectivity index (χ1v) is 15.5. The summed E-state index contributed by atoms with van der Waals surface area (Å²) in [6.07, 6.45) is -0.387. The van der Waals surface area contributed by atoms with E-state index in [2.05, 4.69) is 26.4 Å². The highest BCUT2D eigenvalue weighted by Gasteiger charge is 2.25. The van der Waals surface area contributed by atoms with Gasteiger partial charge in [-0.05, 0) is 75.2 Å². The zero-order valence-corrected chi connectivity index (χ0v) is 25.0. The van der Waals surface area contributed by atoms with Gasteiger partial charge in [0.05, 0.1) is 32.8 Å². The van der Waals surface area contributed by atoms with Crippen molar-refractivity contribution >= 4 is 49.3 Å². The van der Waals surface area contributed by atoms with Gasteiger partial charge in [0.1, 0.15) is 10.6 Å². The van der Waals surface area contributed by atoms with Crippen LogP contribution in [-0.4, -0.2) is 37.5 Å². The van der Waals surface area contributed by atoms with Crippen LogP contribution >= 0.6 is 11.3 Å². The summed E-state index contributed by atoms with van der Waals surface area (Å²) in [6.45, 7) is 5.27. The minimum atomic E-state index is -4.06. The summed E-state index contributed by atoms with van der Waals surface area (Å²) in [5, 5.41) is 15.1. The number of alkyl carbamates (subject to hydrolysis) is 1. The van der Waals surface area contributed by atoms with Crippen molar-refractivity contribution in [2.24, 2.45) is 0 Å². The number of ether oxygens (including phenoxy) is 1. The molecule has 3 aromatic carbocycles. The summed E-state index contributed by atoms with van der Waals surface area (Å²) in [6, 6.07) is 21.9. The summed E-state index contributed by atoms with van der Waals surface area (Å²) in [5.74, 6) is -0.404. The van der Waals surface area contributed by atoms with Crippen molar-refractivity contribution in [3.8, 4) is 6.07 Å². The maximum atomic E-state index is 13.6. The Morgan fingerprint density at radius 3 is 2.55 bits per heavy atom. The topological polar surface area (TPSA) is 150 Å². The van der Waals surface area contributed by atoms with E-state index in [0.29, 0.717) is 16.3 Å². The number of rotatable bonds is 10. The Hall–Kier alpha value is -4.31. The molecule has 1 aromatic heterocycles. The van der Waals surface area contributed by atoms with Crippen LogP contribution in [0.4, 0.5) is 10.5 Å². The Bertz CT molecular complexity index is 1710. The van der Waals surface area contributed by atoms with Gasteiger partial charge in [-0.3, -0.25) is 4.79 Å². The fourth-order valence-corrected chi connectivity index (χ4v) is 6.37. The minimum Gasteiger partial charge on any atom is -0.444 e. The molecule has 0 spiro atoms. The highest BCUT2D eigenvalue weighted by atomic mass is 32.2. The third-order valence-corrected chi connectivity index (χ3v) is 8.47. The summed E-state index contributed by atoms with van der Waals surface area (Å²) in [7, 11) is -4.06. The van der Waals surface area contributed by atoms with E-state index in [1.54, 1.807) is 45.0 Å². The van der Waals surface area contributed by atoms with Gasteiger partial charge in [-0.2, -0.15) is 5.26 Å². The van der Waals surface area contributed by atoms with Gasteiger partial charge < -0.3 is 15.4 Å². The number of hydrogen-bond acceptors (Lipinski definition) is 8. The molecule has 218 valence electrons. The number of aromatic nitrogens is 1. The monoisotopic (exact) mass is 605 g/mol. The van der Waals surface area contributed by atoms with Crippen LogP contribution in [0.2, 0.25) is 0 Å². The van der Waals surface area contributed by atoms with Crippen molar-refractivity contribution in [1.82, 2.24) is 15.0 Å². The Labute approximate surface area is 248 Å². The largest absolute Gasteiger partial charge is 0.444 e. The molecule has 0 aliphatic carbocycles. The lowest BCUT2D eigenvalue weighted by molar-refractivity contribution is -0.116. The molecule has 12 heteroatoms. The van der Waals surface area contributed by atoms with Crippen LogP contribution in [0.3, 0.4) is 0 Å². The highest BCUT2D eigenvalue weighted by Crippen LogP contribution is 2.30. The van der Waals surface area contributed by atoms with E-state index in [1.807, 2.05) is 30.3 Å². The molecular formula is C30H31N5O5S2. The van der Waals surface area contributed by atoms with Gasteiger partial charge in [-0.25, -0.2) is 22.9 Å². The average molecular weight is 606 g/mol. The molecule has 0 radical (unpaired) electrons. The van der Waals surface area contributed by atoms with Crippen molar-refractivity contribution in [1.29, 1.82) is 5.26 Å². The predicted octanol–water partition coefficient (Wildman–Crippen LogP) is 5.28. The Morgan fingerprint density at radius 1 is 1.05 bits per heavy atom. The molecule has 1 heterocycles. The summed E-state index contributed by atoms with van der Waals surface area (Å²) in [5.41, 5.74) is 1.65. The van der Waals surface area contributed by atoms with E-state index in [9.17, 15) is 23.3 Å². The fraction of sp³-hybridized carbons (Fsp3) is 0.267. The molecule has 0 saturated heterocycles. The SMILES string of the molecule is CC(C)(C)OC(=O)NCCC(=O)Nc1cccc(S(=O)(=O)NC(Cc2cccc(C#N)c2)c2nc3ccccc3s2)c1.